The minimum atomic E-state index is -0.367. The third-order valence-electron chi connectivity index (χ3n) is 3.99. The molecule has 0 spiro atoms. The van der Waals surface area contributed by atoms with Crippen molar-refractivity contribution in [3.8, 4) is 0 Å². The molecule has 1 unspecified atom stereocenters. The fourth-order valence-electron chi connectivity index (χ4n) is 2.27. The number of hydrogen-bond donors (Lipinski definition) is 0. The van der Waals surface area contributed by atoms with Gasteiger partial charge in [-0.25, -0.2) is 4.98 Å². The third-order valence-corrected chi connectivity index (χ3v) is 5.01. The number of benzene rings is 1. The van der Waals surface area contributed by atoms with E-state index >= 15 is 0 Å². The van der Waals surface area contributed by atoms with Crippen molar-refractivity contribution in [2.45, 2.75) is 19.5 Å². The summed E-state index contributed by atoms with van der Waals surface area (Å²) in [4.78, 5) is 33.9. The van der Waals surface area contributed by atoms with Crippen LogP contribution >= 0.6 is 11.3 Å². The van der Waals surface area contributed by atoms with Gasteiger partial charge >= 0.3 is 0 Å². The van der Waals surface area contributed by atoms with Crippen molar-refractivity contribution < 1.29 is 9.59 Å². The SMILES string of the molecule is CC(C(=O)N(C)Cc1nc2ccccc2s1)N(C)CC(=O)N(C)C. The number of fused-ring (bicyclic) bond motifs is 1. The monoisotopic (exact) mass is 348 g/mol. The van der Waals surface area contributed by atoms with E-state index < -0.39 is 0 Å². The highest BCUT2D eigenvalue weighted by molar-refractivity contribution is 7.18. The highest BCUT2D eigenvalue weighted by Crippen LogP contribution is 2.22. The number of rotatable bonds is 6. The topological polar surface area (TPSA) is 56.8 Å². The normalized spacial score (nSPS) is 12.4. The molecule has 0 aliphatic rings. The third kappa shape index (κ3) is 4.30. The Hall–Kier alpha value is -1.99. The lowest BCUT2D eigenvalue weighted by Gasteiger charge is -2.28. The first-order valence-electron chi connectivity index (χ1n) is 7.79. The van der Waals surface area contributed by atoms with Crippen LogP contribution in [0.3, 0.4) is 0 Å². The average molecular weight is 348 g/mol. The van der Waals surface area contributed by atoms with Gasteiger partial charge in [0.25, 0.3) is 0 Å². The molecule has 2 rings (SSSR count). The van der Waals surface area contributed by atoms with Gasteiger partial charge < -0.3 is 9.80 Å². The average Bonchev–Trinajstić information content (AvgIpc) is 2.95. The molecule has 1 atom stereocenters. The van der Waals surface area contributed by atoms with E-state index in [1.807, 2.05) is 31.2 Å². The zero-order valence-electron chi connectivity index (χ0n) is 14.8. The Labute approximate surface area is 146 Å². The highest BCUT2D eigenvalue weighted by Gasteiger charge is 2.24. The van der Waals surface area contributed by atoms with E-state index in [0.717, 1.165) is 15.2 Å². The predicted octanol–water partition coefficient (Wildman–Crippen LogP) is 1.66. The highest BCUT2D eigenvalue weighted by atomic mass is 32.1. The fourth-order valence-corrected chi connectivity index (χ4v) is 3.29. The number of hydrogen-bond acceptors (Lipinski definition) is 5. The maximum atomic E-state index is 12.6. The largest absolute Gasteiger partial charge is 0.348 e. The molecule has 2 amide bonds. The number of carbonyl (C=O) groups is 2. The van der Waals surface area contributed by atoms with E-state index in [1.54, 1.807) is 49.3 Å². The van der Waals surface area contributed by atoms with Gasteiger partial charge in [-0.2, -0.15) is 0 Å². The van der Waals surface area contributed by atoms with Gasteiger partial charge in [0.1, 0.15) is 5.01 Å². The molecule has 0 saturated heterocycles. The molecule has 1 aromatic carbocycles. The molecule has 1 aromatic heterocycles. The van der Waals surface area contributed by atoms with Gasteiger partial charge in [-0.3, -0.25) is 14.5 Å². The van der Waals surface area contributed by atoms with Crippen molar-refractivity contribution in [2.24, 2.45) is 0 Å². The standard InChI is InChI=1S/C17H24N4O2S/c1-12(20(4)11-16(22)19(2)3)17(23)21(5)10-15-18-13-8-6-7-9-14(13)24-15/h6-9,12H,10-11H2,1-5H3. The second kappa shape index (κ2) is 7.72. The number of para-hydroxylation sites is 1. The number of likely N-dealkylation sites (N-methyl/N-ethyl adjacent to an activating group) is 3. The van der Waals surface area contributed by atoms with Gasteiger partial charge in [0.15, 0.2) is 0 Å². The van der Waals surface area contributed by atoms with E-state index in [2.05, 4.69) is 4.98 Å². The molecular weight excluding hydrogens is 324 g/mol. The summed E-state index contributed by atoms with van der Waals surface area (Å²) in [5.74, 6) is -0.0470. The molecule has 1 heterocycles. The Kier molecular flexibility index (Phi) is 5.90. The fraction of sp³-hybridized carbons (Fsp3) is 0.471. The van der Waals surface area contributed by atoms with Crippen LogP contribution in [-0.2, 0) is 16.1 Å². The quantitative estimate of drug-likeness (QED) is 0.797. The van der Waals surface area contributed by atoms with E-state index in [4.69, 9.17) is 0 Å². The van der Waals surface area contributed by atoms with Crippen LogP contribution in [0.5, 0.6) is 0 Å². The van der Waals surface area contributed by atoms with Crippen LogP contribution in [-0.4, -0.2) is 72.3 Å². The summed E-state index contributed by atoms with van der Waals surface area (Å²) in [7, 11) is 6.98. The van der Waals surface area contributed by atoms with Crippen molar-refractivity contribution in [1.82, 2.24) is 19.7 Å². The zero-order chi connectivity index (χ0) is 17.9. The van der Waals surface area contributed by atoms with Gasteiger partial charge in [0, 0.05) is 21.1 Å². The van der Waals surface area contributed by atoms with Crippen molar-refractivity contribution in [3.63, 3.8) is 0 Å². The van der Waals surface area contributed by atoms with E-state index in [0.29, 0.717) is 6.54 Å². The van der Waals surface area contributed by atoms with E-state index in [-0.39, 0.29) is 24.4 Å². The maximum absolute atomic E-state index is 12.6. The van der Waals surface area contributed by atoms with Gasteiger partial charge in [0.2, 0.25) is 11.8 Å². The van der Waals surface area contributed by atoms with Crippen molar-refractivity contribution in [1.29, 1.82) is 0 Å². The maximum Gasteiger partial charge on any atom is 0.239 e. The first-order chi connectivity index (χ1) is 11.3. The summed E-state index contributed by atoms with van der Waals surface area (Å²) >= 11 is 1.60. The molecule has 7 heteroatoms. The lowest BCUT2D eigenvalue weighted by Crippen LogP contribution is -2.47. The minimum absolute atomic E-state index is 0.0222. The Balaban J connectivity index is 1.98. The number of carbonyl (C=O) groups excluding carboxylic acids is 2. The molecule has 0 fully saturated rings. The van der Waals surface area contributed by atoms with Gasteiger partial charge in [-0.15, -0.1) is 11.3 Å². The molecule has 0 aliphatic carbocycles. The summed E-state index contributed by atoms with van der Waals surface area (Å²) in [6.45, 7) is 2.51. The van der Waals surface area contributed by atoms with Crippen LogP contribution in [0.1, 0.15) is 11.9 Å². The van der Waals surface area contributed by atoms with Crippen LogP contribution in [0.15, 0.2) is 24.3 Å². The van der Waals surface area contributed by atoms with Crippen LogP contribution in [0.25, 0.3) is 10.2 Å². The molecule has 0 bridgehead atoms. The molecule has 6 nitrogen and oxygen atoms in total. The molecule has 0 saturated carbocycles. The number of nitrogens with zero attached hydrogens (tertiary/aromatic N) is 4. The van der Waals surface area contributed by atoms with Crippen LogP contribution in [0.4, 0.5) is 0 Å². The van der Waals surface area contributed by atoms with Crippen LogP contribution in [0, 0.1) is 0 Å². The molecule has 130 valence electrons. The van der Waals surface area contributed by atoms with Gasteiger partial charge in [-0.1, -0.05) is 12.1 Å². The Bertz CT molecular complexity index is 695. The number of thiazole rings is 1. The summed E-state index contributed by atoms with van der Waals surface area (Å²) in [6, 6.07) is 7.58. The lowest BCUT2D eigenvalue weighted by atomic mass is 10.2. The first-order valence-corrected chi connectivity index (χ1v) is 8.61. The van der Waals surface area contributed by atoms with E-state index in [1.165, 1.54) is 4.90 Å². The molecule has 24 heavy (non-hydrogen) atoms. The van der Waals surface area contributed by atoms with Crippen LogP contribution < -0.4 is 0 Å². The van der Waals surface area contributed by atoms with Crippen LogP contribution in [0.2, 0.25) is 0 Å². The smallest absolute Gasteiger partial charge is 0.239 e. The Morgan fingerprint density at radius 3 is 2.46 bits per heavy atom. The summed E-state index contributed by atoms with van der Waals surface area (Å²) in [5, 5.41) is 0.909. The molecule has 0 aliphatic heterocycles. The van der Waals surface area contributed by atoms with Gasteiger partial charge in [0.05, 0.1) is 29.3 Å². The van der Waals surface area contributed by atoms with Gasteiger partial charge in [-0.05, 0) is 26.1 Å². The second-order valence-corrected chi connectivity index (χ2v) is 7.26. The summed E-state index contributed by atoms with van der Waals surface area (Å²) in [5.41, 5.74) is 0.958. The number of aromatic nitrogens is 1. The summed E-state index contributed by atoms with van der Waals surface area (Å²) in [6.07, 6.45) is 0. The van der Waals surface area contributed by atoms with Crippen molar-refractivity contribution >= 4 is 33.4 Å². The predicted molar refractivity (Wildman–Crippen MR) is 96.9 cm³/mol. The Morgan fingerprint density at radius 1 is 1.17 bits per heavy atom. The lowest BCUT2D eigenvalue weighted by molar-refractivity contribution is -0.137. The molecule has 0 N–H and O–H groups in total. The molecular formula is C17H24N4O2S. The molecule has 0 radical (unpaired) electrons. The molecule has 2 aromatic rings. The van der Waals surface area contributed by atoms with Crippen molar-refractivity contribution in [3.05, 3.63) is 29.3 Å². The van der Waals surface area contributed by atoms with E-state index in [9.17, 15) is 9.59 Å². The number of amides is 2. The minimum Gasteiger partial charge on any atom is -0.348 e. The second-order valence-electron chi connectivity index (χ2n) is 6.15. The summed E-state index contributed by atoms with van der Waals surface area (Å²) < 4.78 is 1.12. The van der Waals surface area contributed by atoms with Crippen molar-refractivity contribution in [2.75, 3.05) is 34.7 Å². The first kappa shape index (κ1) is 18.4. The zero-order valence-corrected chi connectivity index (χ0v) is 15.6. The Morgan fingerprint density at radius 2 is 1.83 bits per heavy atom.